The van der Waals surface area contributed by atoms with Gasteiger partial charge in [0.2, 0.25) is 0 Å². The van der Waals surface area contributed by atoms with Crippen molar-refractivity contribution in [3.8, 4) is 0 Å². The highest BCUT2D eigenvalue weighted by Gasteiger charge is 2.10. The number of rotatable bonds is 5. The van der Waals surface area contributed by atoms with Crippen molar-refractivity contribution in [3.05, 3.63) is 52.0 Å². The van der Waals surface area contributed by atoms with Crippen molar-refractivity contribution in [2.45, 2.75) is 25.8 Å². The number of thiophene rings is 1. The highest BCUT2D eigenvalue weighted by molar-refractivity contribution is 7.07. The van der Waals surface area contributed by atoms with Gasteiger partial charge in [-0.15, -0.1) is 0 Å². The summed E-state index contributed by atoms with van der Waals surface area (Å²) < 4.78 is 0. The number of aryl methyl sites for hydroxylation is 2. The summed E-state index contributed by atoms with van der Waals surface area (Å²) >= 11 is 1.73. The second-order valence-electron chi connectivity index (χ2n) is 4.12. The SMILES string of the molecule is Cc1ccc(C(CCc2ccsc2)NN)cn1. The highest BCUT2D eigenvalue weighted by Crippen LogP contribution is 2.19. The molecule has 1 unspecified atom stereocenters. The molecule has 90 valence electrons. The highest BCUT2D eigenvalue weighted by atomic mass is 32.1. The number of pyridine rings is 1. The maximum Gasteiger partial charge on any atom is 0.0478 e. The molecule has 0 saturated carbocycles. The molecule has 0 aromatic carbocycles. The number of nitrogens with two attached hydrogens (primary N) is 1. The van der Waals surface area contributed by atoms with E-state index in [1.807, 2.05) is 19.2 Å². The summed E-state index contributed by atoms with van der Waals surface area (Å²) in [5.74, 6) is 5.61. The third-order valence-corrected chi connectivity index (χ3v) is 3.57. The van der Waals surface area contributed by atoms with Gasteiger partial charge in [0, 0.05) is 17.9 Å². The molecule has 0 aliphatic rings. The Labute approximate surface area is 106 Å². The lowest BCUT2D eigenvalue weighted by molar-refractivity contribution is 0.515. The van der Waals surface area contributed by atoms with Gasteiger partial charge in [0.05, 0.1) is 0 Å². The molecule has 0 bridgehead atoms. The van der Waals surface area contributed by atoms with Crippen LogP contribution >= 0.6 is 11.3 Å². The van der Waals surface area contributed by atoms with Crippen LogP contribution < -0.4 is 11.3 Å². The molecule has 17 heavy (non-hydrogen) atoms. The maximum absolute atomic E-state index is 5.61. The number of hydrazine groups is 1. The first-order chi connectivity index (χ1) is 8.29. The summed E-state index contributed by atoms with van der Waals surface area (Å²) in [6.07, 6.45) is 3.91. The lowest BCUT2D eigenvalue weighted by Crippen LogP contribution is -2.28. The molecular weight excluding hydrogens is 230 g/mol. The minimum atomic E-state index is 0.169. The molecular formula is C13H17N3S. The van der Waals surface area contributed by atoms with Crippen LogP contribution in [0.4, 0.5) is 0 Å². The fraction of sp³-hybridized carbons (Fsp3) is 0.308. The molecule has 0 fully saturated rings. The Balaban J connectivity index is 1.99. The van der Waals surface area contributed by atoms with E-state index in [9.17, 15) is 0 Å². The molecule has 1 atom stereocenters. The molecule has 4 heteroatoms. The Morgan fingerprint density at radius 1 is 1.41 bits per heavy atom. The quantitative estimate of drug-likeness (QED) is 0.630. The van der Waals surface area contributed by atoms with E-state index in [4.69, 9.17) is 5.84 Å². The first kappa shape index (κ1) is 12.2. The standard InChI is InChI=1S/C13H17N3S/c1-10-2-4-12(8-15-10)13(16-14)5-3-11-6-7-17-9-11/h2,4,6-9,13,16H,3,5,14H2,1H3. The largest absolute Gasteiger partial charge is 0.271 e. The molecule has 2 aromatic heterocycles. The van der Waals surface area contributed by atoms with Crippen LogP contribution in [0.5, 0.6) is 0 Å². The van der Waals surface area contributed by atoms with Gasteiger partial charge in [0.1, 0.15) is 0 Å². The fourth-order valence-corrected chi connectivity index (χ4v) is 2.48. The number of hydrogen-bond donors (Lipinski definition) is 2. The van der Waals surface area contributed by atoms with Crippen molar-refractivity contribution in [2.24, 2.45) is 5.84 Å². The predicted molar refractivity (Wildman–Crippen MR) is 71.7 cm³/mol. The van der Waals surface area contributed by atoms with E-state index in [1.54, 1.807) is 11.3 Å². The van der Waals surface area contributed by atoms with Crippen LogP contribution in [-0.4, -0.2) is 4.98 Å². The molecule has 0 aliphatic carbocycles. The van der Waals surface area contributed by atoms with E-state index in [0.717, 1.165) is 24.1 Å². The lowest BCUT2D eigenvalue weighted by Gasteiger charge is -2.15. The van der Waals surface area contributed by atoms with E-state index in [1.165, 1.54) is 5.56 Å². The molecule has 0 radical (unpaired) electrons. The average molecular weight is 247 g/mol. The Hall–Kier alpha value is -1.23. The molecule has 3 N–H and O–H groups in total. The van der Waals surface area contributed by atoms with E-state index in [2.05, 4.69) is 33.3 Å². The minimum absolute atomic E-state index is 0.169. The van der Waals surface area contributed by atoms with Crippen LogP contribution in [0, 0.1) is 6.92 Å². The molecule has 2 heterocycles. The summed E-state index contributed by atoms with van der Waals surface area (Å²) in [4.78, 5) is 4.30. The van der Waals surface area contributed by atoms with Crippen LogP contribution in [0.25, 0.3) is 0 Å². The summed E-state index contributed by atoms with van der Waals surface area (Å²) in [6, 6.07) is 6.43. The second-order valence-corrected chi connectivity index (χ2v) is 4.90. The third kappa shape index (κ3) is 3.36. The monoisotopic (exact) mass is 247 g/mol. The van der Waals surface area contributed by atoms with Gasteiger partial charge in [-0.3, -0.25) is 16.3 Å². The molecule has 0 amide bonds. The number of hydrogen-bond acceptors (Lipinski definition) is 4. The Bertz CT molecular complexity index is 436. The van der Waals surface area contributed by atoms with Crippen LogP contribution in [0.3, 0.4) is 0 Å². The first-order valence-electron chi connectivity index (χ1n) is 5.69. The van der Waals surface area contributed by atoms with Crippen molar-refractivity contribution in [2.75, 3.05) is 0 Å². The van der Waals surface area contributed by atoms with E-state index in [-0.39, 0.29) is 6.04 Å². The molecule has 0 aliphatic heterocycles. The van der Waals surface area contributed by atoms with Crippen LogP contribution in [0.2, 0.25) is 0 Å². The Morgan fingerprint density at radius 3 is 2.88 bits per heavy atom. The first-order valence-corrected chi connectivity index (χ1v) is 6.63. The van der Waals surface area contributed by atoms with Crippen molar-refractivity contribution in [1.29, 1.82) is 0 Å². The molecule has 2 aromatic rings. The van der Waals surface area contributed by atoms with Crippen LogP contribution in [-0.2, 0) is 6.42 Å². The third-order valence-electron chi connectivity index (χ3n) is 2.84. The average Bonchev–Trinajstić information content (AvgIpc) is 2.85. The zero-order valence-electron chi connectivity index (χ0n) is 9.89. The number of nitrogens with zero attached hydrogens (tertiary/aromatic N) is 1. The zero-order chi connectivity index (χ0) is 12.1. The van der Waals surface area contributed by atoms with Gasteiger partial charge in [0.25, 0.3) is 0 Å². The predicted octanol–water partition coefficient (Wildman–Crippen LogP) is 2.59. The molecule has 2 rings (SSSR count). The summed E-state index contributed by atoms with van der Waals surface area (Å²) in [7, 11) is 0. The van der Waals surface area contributed by atoms with E-state index < -0.39 is 0 Å². The summed E-state index contributed by atoms with van der Waals surface area (Å²) in [5, 5.41) is 4.29. The van der Waals surface area contributed by atoms with Gasteiger partial charge in [-0.25, -0.2) is 0 Å². The van der Waals surface area contributed by atoms with Gasteiger partial charge in [-0.1, -0.05) is 6.07 Å². The molecule has 0 saturated heterocycles. The fourth-order valence-electron chi connectivity index (χ4n) is 1.78. The molecule has 0 spiro atoms. The number of aromatic nitrogens is 1. The minimum Gasteiger partial charge on any atom is -0.271 e. The maximum atomic E-state index is 5.61. The van der Waals surface area contributed by atoms with Crippen LogP contribution in [0.1, 0.15) is 29.3 Å². The van der Waals surface area contributed by atoms with Crippen LogP contribution in [0.15, 0.2) is 35.2 Å². The lowest BCUT2D eigenvalue weighted by atomic mass is 10.0. The number of nitrogens with one attached hydrogen (secondary N) is 1. The molecule has 3 nitrogen and oxygen atoms in total. The van der Waals surface area contributed by atoms with Gasteiger partial charge in [0.15, 0.2) is 0 Å². The van der Waals surface area contributed by atoms with E-state index >= 15 is 0 Å². The zero-order valence-corrected chi connectivity index (χ0v) is 10.7. The van der Waals surface area contributed by atoms with Crippen molar-refractivity contribution >= 4 is 11.3 Å². The summed E-state index contributed by atoms with van der Waals surface area (Å²) in [6.45, 7) is 1.99. The Morgan fingerprint density at radius 2 is 2.29 bits per heavy atom. The van der Waals surface area contributed by atoms with Gasteiger partial charge in [-0.05, 0) is 53.8 Å². The van der Waals surface area contributed by atoms with Crippen molar-refractivity contribution in [1.82, 2.24) is 10.4 Å². The Kier molecular flexibility index (Phi) is 4.25. The van der Waals surface area contributed by atoms with Crippen molar-refractivity contribution in [3.63, 3.8) is 0 Å². The van der Waals surface area contributed by atoms with E-state index in [0.29, 0.717) is 0 Å². The second kappa shape index (κ2) is 5.91. The smallest absolute Gasteiger partial charge is 0.0478 e. The van der Waals surface area contributed by atoms with Gasteiger partial charge < -0.3 is 0 Å². The normalized spacial score (nSPS) is 12.6. The van der Waals surface area contributed by atoms with Crippen molar-refractivity contribution < 1.29 is 0 Å². The topological polar surface area (TPSA) is 50.9 Å². The van der Waals surface area contributed by atoms with Gasteiger partial charge in [-0.2, -0.15) is 11.3 Å². The van der Waals surface area contributed by atoms with Gasteiger partial charge >= 0.3 is 0 Å². The summed E-state index contributed by atoms with van der Waals surface area (Å²) in [5.41, 5.74) is 6.41.